The molecule has 0 bridgehead atoms. The smallest absolute Gasteiger partial charge is 0.239 e. The summed E-state index contributed by atoms with van der Waals surface area (Å²) in [6.45, 7) is 6.34. The fourth-order valence-corrected chi connectivity index (χ4v) is 0.662. The van der Waals surface area contributed by atoms with Gasteiger partial charge in [0.2, 0.25) is 5.95 Å². The van der Waals surface area contributed by atoms with Crippen LogP contribution in [0.1, 0.15) is 6.92 Å². The van der Waals surface area contributed by atoms with Crippen molar-refractivity contribution in [2.24, 2.45) is 0 Å². The zero-order valence-electron chi connectivity index (χ0n) is 5.91. The fourth-order valence-electron chi connectivity index (χ4n) is 0.662. The van der Waals surface area contributed by atoms with Gasteiger partial charge >= 0.3 is 0 Å². The van der Waals surface area contributed by atoms with Gasteiger partial charge in [-0.15, -0.1) is 5.10 Å². The lowest BCUT2D eigenvalue weighted by Crippen LogP contribution is -1.99. The van der Waals surface area contributed by atoms with E-state index in [1.54, 1.807) is 11.0 Å². The van der Waals surface area contributed by atoms with Crippen LogP contribution in [0.15, 0.2) is 18.5 Å². The number of nitrogen functional groups attached to an aromatic ring is 1. The highest BCUT2D eigenvalue weighted by molar-refractivity contribution is 5.09. The molecule has 4 nitrogen and oxygen atoms in total. The van der Waals surface area contributed by atoms with Crippen LogP contribution >= 0.6 is 0 Å². The molecule has 0 unspecified atom stereocenters. The lowest BCUT2D eigenvalue weighted by molar-refractivity contribution is 0.679. The molecule has 54 valence electrons. The number of nitrogens with zero attached hydrogens (tertiary/aromatic N) is 3. The Kier molecular flexibility index (Phi) is 1.71. The first-order chi connectivity index (χ1) is 4.68. The molecule has 1 rings (SSSR count). The Labute approximate surface area is 59.4 Å². The number of hydrogen-bond acceptors (Lipinski definition) is 3. The predicted octanol–water partition coefficient (Wildman–Crippen LogP) is 0.436. The summed E-state index contributed by atoms with van der Waals surface area (Å²) >= 11 is 0. The summed E-state index contributed by atoms with van der Waals surface area (Å²) < 4.78 is 1.65. The van der Waals surface area contributed by atoms with Gasteiger partial charge in [-0.3, -0.25) is 0 Å². The van der Waals surface area contributed by atoms with E-state index in [0.29, 0.717) is 12.5 Å². The Morgan fingerprint density at radius 3 is 3.00 bits per heavy atom. The summed E-state index contributed by atoms with van der Waals surface area (Å²) in [5, 5.41) is 3.87. The topological polar surface area (TPSA) is 56.7 Å². The third-order valence-corrected chi connectivity index (χ3v) is 0.986. The molecule has 0 aliphatic rings. The number of allylic oxidation sites excluding steroid dienone is 1. The molecule has 0 amide bonds. The number of rotatable bonds is 2. The Bertz CT molecular complexity index is 238. The fraction of sp³-hybridized carbons (Fsp3) is 0.333. The SMILES string of the molecule is C=C(C)Cn1cnc(N)n1. The van der Waals surface area contributed by atoms with Crippen molar-refractivity contribution in [2.45, 2.75) is 13.5 Å². The van der Waals surface area contributed by atoms with Gasteiger partial charge in [0.25, 0.3) is 0 Å². The standard InChI is InChI=1S/C6H10N4/c1-5(2)3-10-4-8-6(7)9-10/h4H,1,3H2,2H3,(H2,7,9). The highest BCUT2D eigenvalue weighted by atomic mass is 15.3. The van der Waals surface area contributed by atoms with Crippen LogP contribution in [0, 0.1) is 0 Å². The lowest BCUT2D eigenvalue weighted by Gasteiger charge is -1.95. The van der Waals surface area contributed by atoms with E-state index in [4.69, 9.17) is 5.73 Å². The largest absolute Gasteiger partial charge is 0.367 e. The van der Waals surface area contributed by atoms with Gasteiger partial charge in [0.1, 0.15) is 6.33 Å². The van der Waals surface area contributed by atoms with Gasteiger partial charge in [-0.05, 0) is 6.92 Å². The first-order valence-corrected chi connectivity index (χ1v) is 2.98. The van der Waals surface area contributed by atoms with Gasteiger partial charge < -0.3 is 5.73 Å². The minimum absolute atomic E-state index is 0.307. The van der Waals surface area contributed by atoms with Gasteiger partial charge in [-0.2, -0.15) is 0 Å². The van der Waals surface area contributed by atoms with Gasteiger partial charge in [-0.25, -0.2) is 9.67 Å². The maximum Gasteiger partial charge on any atom is 0.239 e. The maximum absolute atomic E-state index is 5.28. The van der Waals surface area contributed by atoms with Crippen LogP contribution in [-0.2, 0) is 6.54 Å². The van der Waals surface area contributed by atoms with Crippen molar-refractivity contribution in [1.29, 1.82) is 0 Å². The van der Waals surface area contributed by atoms with Crippen molar-refractivity contribution in [3.8, 4) is 0 Å². The third kappa shape index (κ3) is 1.58. The summed E-state index contributed by atoms with van der Waals surface area (Å²) in [7, 11) is 0. The van der Waals surface area contributed by atoms with E-state index in [2.05, 4.69) is 16.7 Å². The summed E-state index contributed by atoms with van der Waals surface area (Å²) in [6, 6.07) is 0. The van der Waals surface area contributed by atoms with Gasteiger partial charge in [0.15, 0.2) is 0 Å². The van der Waals surface area contributed by atoms with E-state index in [9.17, 15) is 0 Å². The van der Waals surface area contributed by atoms with Crippen LogP contribution in [0.3, 0.4) is 0 Å². The first-order valence-electron chi connectivity index (χ1n) is 2.98. The molecule has 2 N–H and O–H groups in total. The molecule has 0 spiro atoms. The van der Waals surface area contributed by atoms with Crippen LogP contribution < -0.4 is 5.73 Å². The van der Waals surface area contributed by atoms with Crippen LogP contribution in [0.5, 0.6) is 0 Å². The van der Waals surface area contributed by atoms with E-state index in [-0.39, 0.29) is 0 Å². The normalized spacial score (nSPS) is 9.70. The molecule has 0 radical (unpaired) electrons. The van der Waals surface area contributed by atoms with E-state index < -0.39 is 0 Å². The zero-order valence-corrected chi connectivity index (χ0v) is 5.91. The monoisotopic (exact) mass is 138 g/mol. The molecule has 1 aromatic rings. The highest BCUT2D eigenvalue weighted by Gasteiger charge is 1.93. The molecule has 0 aliphatic heterocycles. The maximum atomic E-state index is 5.28. The average molecular weight is 138 g/mol. The molecule has 0 saturated heterocycles. The van der Waals surface area contributed by atoms with E-state index in [0.717, 1.165) is 5.57 Å². The van der Waals surface area contributed by atoms with Gasteiger partial charge in [-0.1, -0.05) is 12.2 Å². The molecule has 0 saturated carbocycles. The molecule has 0 aliphatic carbocycles. The quantitative estimate of drug-likeness (QED) is 0.603. The Balaban J connectivity index is 2.67. The number of hydrogen-bond donors (Lipinski definition) is 1. The Hall–Kier alpha value is -1.32. The minimum Gasteiger partial charge on any atom is -0.367 e. The molecule has 0 aromatic carbocycles. The van der Waals surface area contributed by atoms with Crippen molar-refractivity contribution in [1.82, 2.24) is 14.8 Å². The molecule has 4 heteroatoms. The van der Waals surface area contributed by atoms with Crippen LogP contribution in [0.25, 0.3) is 0 Å². The summed E-state index contributed by atoms with van der Waals surface area (Å²) in [5.41, 5.74) is 6.31. The second-order valence-corrected chi connectivity index (χ2v) is 2.26. The van der Waals surface area contributed by atoms with Crippen molar-refractivity contribution in [2.75, 3.05) is 5.73 Å². The van der Waals surface area contributed by atoms with E-state index in [1.807, 2.05) is 6.92 Å². The molecule has 1 heterocycles. The number of nitrogens with two attached hydrogens (primary N) is 1. The molecular formula is C6H10N4. The van der Waals surface area contributed by atoms with Gasteiger partial charge in [0, 0.05) is 0 Å². The lowest BCUT2D eigenvalue weighted by atomic mass is 10.4. The first kappa shape index (κ1) is 6.80. The van der Waals surface area contributed by atoms with Crippen molar-refractivity contribution >= 4 is 5.95 Å². The number of anilines is 1. The Morgan fingerprint density at radius 1 is 1.90 bits per heavy atom. The third-order valence-electron chi connectivity index (χ3n) is 0.986. The van der Waals surface area contributed by atoms with Crippen LogP contribution in [0.4, 0.5) is 5.95 Å². The van der Waals surface area contributed by atoms with E-state index in [1.165, 1.54) is 0 Å². The summed E-state index contributed by atoms with van der Waals surface area (Å²) in [6.07, 6.45) is 1.59. The molecular weight excluding hydrogens is 128 g/mol. The summed E-state index contributed by atoms with van der Waals surface area (Å²) in [4.78, 5) is 3.76. The summed E-state index contributed by atoms with van der Waals surface area (Å²) in [5.74, 6) is 0.307. The van der Waals surface area contributed by atoms with Gasteiger partial charge in [0.05, 0.1) is 6.54 Å². The molecule has 0 fully saturated rings. The highest BCUT2D eigenvalue weighted by Crippen LogP contribution is 1.94. The number of aromatic nitrogens is 3. The van der Waals surface area contributed by atoms with Crippen molar-refractivity contribution in [3.05, 3.63) is 18.5 Å². The molecule has 0 atom stereocenters. The zero-order chi connectivity index (χ0) is 7.56. The molecule has 1 aromatic heterocycles. The van der Waals surface area contributed by atoms with Crippen LogP contribution in [-0.4, -0.2) is 14.8 Å². The molecule has 10 heavy (non-hydrogen) atoms. The predicted molar refractivity (Wildman–Crippen MR) is 39.2 cm³/mol. The van der Waals surface area contributed by atoms with Crippen molar-refractivity contribution in [3.63, 3.8) is 0 Å². The van der Waals surface area contributed by atoms with E-state index >= 15 is 0 Å². The second kappa shape index (κ2) is 2.51. The second-order valence-electron chi connectivity index (χ2n) is 2.26. The average Bonchev–Trinajstić information content (AvgIpc) is 2.13. The Morgan fingerprint density at radius 2 is 2.60 bits per heavy atom. The van der Waals surface area contributed by atoms with Crippen LogP contribution in [0.2, 0.25) is 0 Å². The van der Waals surface area contributed by atoms with Crippen molar-refractivity contribution < 1.29 is 0 Å². The minimum atomic E-state index is 0.307.